The molecule has 58 heavy (non-hydrogen) atoms. The monoisotopic (exact) mass is 834 g/mol. The molecular formula is C44H58O12Si2. The Labute approximate surface area is 345 Å². The van der Waals surface area contributed by atoms with Gasteiger partial charge in [0.25, 0.3) is 0 Å². The van der Waals surface area contributed by atoms with Gasteiger partial charge in [-0.25, -0.2) is 19.2 Å². The molecule has 0 radical (unpaired) electrons. The first-order valence-corrected chi connectivity index (χ1v) is 22.7. The fourth-order valence-electron chi connectivity index (χ4n) is 4.98. The molecule has 0 heterocycles. The van der Waals surface area contributed by atoms with Crippen molar-refractivity contribution < 1.29 is 55.8 Å². The van der Waals surface area contributed by atoms with E-state index in [0.29, 0.717) is 39.3 Å². The Kier molecular flexibility index (Phi) is 26.2. The van der Waals surface area contributed by atoms with Crippen molar-refractivity contribution in [3.05, 3.63) is 142 Å². The maximum atomic E-state index is 11.2. The first-order valence-electron chi connectivity index (χ1n) is 18.5. The summed E-state index contributed by atoms with van der Waals surface area (Å²) in [6, 6.07) is 29.5. The summed E-state index contributed by atoms with van der Waals surface area (Å²) in [5, 5.41) is 2.97. The van der Waals surface area contributed by atoms with Crippen LogP contribution >= 0.6 is 0 Å². The van der Waals surface area contributed by atoms with Gasteiger partial charge in [0.1, 0.15) is 13.2 Å². The Morgan fingerprint density at radius 3 is 1.05 bits per heavy atom. The molecule has 0 amide bonds. The van der Waals surface area contributed by atoms with Crippen molar-refractivity contribution in [2.75, 3.05) is 52.9 Å². The number of carbonyl (C=O) groups excluding carboxylic acids is 4. The summed E-state index contributed by atoms with van der Waals surface area (Å²) in [4.78, 5) is 44.5. The van der Waals surface area contributed by atoms with E-state index in [0.717, 1.165) is 52.7 Å². The minimum atomic E-state index is -2.97. The van der Waals surface area contributed by atoms with Gasteiger partial charge in [0.15, 0.2) is 0 Å². The molecular weight excluding hydrogens is 777 g/mol. The van der Waals surface area contributed by atoms with Gasteiger partial charge in [-0.1, -0.05) is 125 Å². The number of rotatable bonds is 27. The van der Waals surface area contributed by atoms with Crippen molar-refractivity contribution in [1.29, 1.82) is 0 Å². The van der Waals surface area contributed by atoms with Crippen molar-refractivity contribution in [3.63, 3.8) is 0 Å². The number of hydrogen-bond acceptors (Lipinski definition) is 12. The fourth-order valence-corrected chi connectivity index (χ4v) is 10.4. The minimum absolute atomic E-state index is 0. The van der Waals surface area contributed by atoms with E-state index in [9.17, 15) is 19.2 Å². The molecule has 314 valence electrons. The lowest BCUT2D eigenvalue weighted by molar-refractivity contribution is -0.139. The average molecular weight is 835 g/mol. The van der Waals surface area contributed by atoms with Crippen LogP contribution in [0.5, 0.6) is 0 Å². The maximum Gasteiger partial charge on any atom is 0.407 e. The van der Waals surface area contributed by atoms with E-state index in [4.69, 9.17) is 36.7 Å². The van der Waals surface area contributed by atoms with E-state index in [1.165, 1.54) is 0 Å². The van der Waals surface area contributed by atoms with E-state index >= 15 is 0 Å². The fraction of sp³-hybridized carbons (Fsp3) is 0.318. The third kappa shape index (κ3) is 19.3. The summed E-state index contributed by atoms with van der Waals surface area (Å²) in [6.07, 6.45) is 7.32. The molecule has 0 aliphatic heterocycles. The van der Waals surface area contributed by atoms with Crippen LogP contribution in [0.3, 0.4) is 0 Å². The number of unbranched alkanes of at least 4 members (excludes halogenated alkanes) is 2. The number of ether oxygens (including phenoxy) is 4. The van der Waals surface area contributed by atoms with Crippen LogP contribution in [-0.4, -0.2) is 93.9 Å². The van der Waals surface area contributed by atoms with Gasteiger partial charge in [0.05, 0.1) is 26.4 Å². The van der Waals surface area contributed by atoms with Gasteiger partial charge in [-0.2, -0.15) is 0 Å². The van der Waals surface area contributed by atoms with Gasteiger partial charge in [-0.3, -0.25) is 0 Å². The summed E-state index contributed by atoms with van der Waals surface area (Å²) in [6.45, 7) is 17.5. The predicted molar refractivity (Wildman–Crippen MR) is 229 cm³/mol. The second kappa shape index (κ2) is 29.9. The standard InChI is InChI=1S/C26H32O6Si.C17H22O6Si.CH4/c1-3-25(27)29-19-11-13-21-31-33(23-15-7-5-8-16-23,24-17-9-6-10-18-24)32-22-14-12-20-30-26(28)4-2;1-4-16(18)20-11-13-22-24(3,15-9-7-6-8-10-15)23-14-12-21-17(19)5-2;/h3-10,15-18H,1-2,11-14,19-22H2;4-10H,1-2,11-14H2,3H3;1H4. The van der Waals surface area contributed by atoms with Crippen LogP contribution in [0.1, 0.15) is 33.1 Å². The molecule has 0 saturated heterocycles. The molecule has 0 unspecified atom stereocenters. The van der Waals surface area contributed by atoms with Crippen molar-refractivity contribution in [2.45, 2.75) is 39.7 Å². The Balaban J connectivity index is 0.000000599. The van der Waals surface area contributed by atoms with Crippen LogP contribution in [0.25, 0.3) is 0 Å². The minimum Gasteiger partial charge on any atom is -0.463 e. The van der Waals surface area contributed by atoms with Gasteiger partial charge in [-0.15, -0.1) is 0 Å². The highest BCUT2D eigenvalue weighted by Gasteiger charge is 2.42. The summed E-state index contributed by atoms with van der Waals surface area (Å²) in [5.41, 5.74) is 0. The Morgan fingerprint density at radius 2 is 0.724 bits per heavy atom. The zero-order valence-corrected chi connectivity index (χ0v) is 34.7. The zero-order chi connectivity index (χ0) is 41.6. The summed E-state index contributed by atoms with van der Waals surface area (Å²) < 4.78 is 44.8. The van der Waals surface area contributed by atoms with Crippen LogP contribution in [0.4, 0.5) is 0 Å². The topological polar surface area (TPSA) is 142 Å². The number of carbonyl (C=O) groups is 4. The van der Waals surface area contributed by atoms with Crippen LogP contribution in [0.2, 0.25) is 6.55 Å². The Morgan fingerprint density at radius 1 is 0.431 bits per heavy atom. The van der Waals surface area contributed by atoms with Gasteiger partial charge in [0.2, 0.25) is 0 Å². The van der Waals surface area contributed by atoms with Crippen molar-refractivity contribution in [1.82, 2.24) is 0 Å². The Hall–Kier alpha value is -5.23. The molecule has 12 nitrogen and oxygen atoms in total. The summed E-state index contributed by atoms with van der Waals surface area (Å²) >= 11 is 0. The molecule has 0 aromatic heterocycles. The SMILES string of the molecule is C.C=CC(=O)OCCCCO[Si](OCCCCOC(=O)C=C)(c1ccccc1)c1ccccc1.C=CC(=O)OCCO[Si](C)(OCCOC(=O)C=C)c1ccccc1. The first kappa shape index (κ1) is 50.8. The third-order valence-electron chi connectivity index (χ3n) is 7.86. The lowest BCUT2D eigenvalue weighted by Gasteiger charge is -2.31. The molecule has 0 saturated carbocycles. The number of benzene rings is 3. The molecule has 0 aliphatic rings. The van der Waals surface area contributed by atoms with Crippen molar-refractivity contribution in [2.24, 2.45) is 0 Å². The Bertz CT molecular complexity index is 1570. The summed E-state index contributed by atoms with van der Waals surface area (Å²) in [7, 11) is -5.70. The highest BCUT2D eigenvalue weighted by molar-refractivity contribution is 6.92. The lowest BCUT2D eigenvalue weighted by atomic mass is 10.3. The van der Waals surface area contributed by atoms with E-state index in [1.54, 1.807) is 0 Å². The number of hydrogen-bond donors (Lipinski definition) is 0. The van der Waals surface area contributed by atoms with Crippen molar-refractivity contribution in [3.8, 4) is 0 Å². The van der Waals surface area contributed by atoms with Crippen LogP contribution < -0.4 is 15.6 Å². The molecule has 14 heteroatoms. The smallest absolute Gasteiger partial charge is 0.407 e. The average Bonchev–Trinajstić information content (AvgIpc) is 3.26. The second-order valence-corrected chi connectivity index (χ2v) is 18.0. The molecule has 3 aromatic rings. The van der Waals surface area contributed by atoms with Gasteiger partial charge in [0, 0.05) is 37.5 Å². The summed E-state index contributed by atoms with van der Waals surface area (Å²) in [5.74, 6) is -1.84. The lowest BCUT2D eigenvalue weighted by Crippen LogP contribution is -2.63. The van der Waals surface area contributed by atoms with Crippen LogP contribution in [0, 0.1) is 0 Å². The quantitative estimate of drug-likeness (QED) is 0.0320. The van der Waals surface area contributed by atoms with Crippen LogP contribution in [0.15, 0.2) is 142 Å². The highest BCUT2D eigenvalue weighted by Crippen LogP contribution is 2.13. The van der Waals surface area contributed by atoms with Gasteiger partial charge < -0.3 is 36.7 Å². The molecule has 0 N–H and O–H groups in total. The normalized spacial score (nSPS) is 10.6. The van der Waals surface area contributed by atoms with E-state index in [1.807, 2.05) is 97.5 Å². The molecule has 3 aromatic carbocycles. The zero-order valence-electron chi connectivity index (χ0n) is 32.7. The second-order valence-electron chi connectivity index (χ2n) is 12.0. The number of esters is 4. The molecule has 3 rings (SSSR count). The molecule has 0 bridgehead atoms. The predicted octanol–water partition coefficient (Wildman–Crippen LogP) is 5.39. The molecule has 0 atom stereocenters. The molecule has 0 aliphatic carbocycles. The third-order valence-corrected chi connectivity index (χ3v) is 14.2. The molecule has 0 fully saturated rings. The van der Waals surface area contributed by atoms with Gasteiger partial charge in [-0.05, 0) is 47.8 Å². The first-order chi connectivity index (χ1) is 27.6. The van der Waals surface area contributed by atoms with Gasteiger partial charge >= 0.3 is 41.0 Å². The van der Waals surface area contributed by atoms with Crippen LogP contribution in [-0.2, 0) is 55.8 Å². The largest absolute Gasteiger partial charge is 0.463 e. The maximum absolute atomic E-state index is 11.2. The van der Waals surface area contributed by atoms with E-state index in [-0.39, 0.29) is 33.9 Å². The highest BCUT2D eigenvalue weighted by atomic mass is 28.4. The van der Waals surface area contributed by atoms with Crippen molar-refractivity contribution >= 4 is 56.6 Å². The van der Waals surface area contributed by atoms with E-state index in [2.05, 4.69) is 26.3 Å². The van der Waals surface area contributed by atoms with E-state index < -0.39 is 41.0 Å². The molecule has 0 spiro atoms.